The average Bonchev–Trinajstić information content (AvgIpc) is 3.33. The minimum atomic E-state index is 0.671. The molecule has 2 N–H and O–H groups in total. The standard InChI is InChI=1S/C20H21N3O/c1-2-16-14-6-3-4-7-15(14)19(22-16)11-18-13(12-24)10-20(23-18)17-8-5-9-21-17/h5,8-12,21,23H,2-4,6-7H2,1H3. The first-order valence-electron chi connectivity index (χ1n) is 8.64. The van der Waals surface area contributed by atoms with Crippen molar-refractivity contribution in [2.45, 2.75) is 39.0 Å². The Kier molecular flexibility index (Phi) is 3.81. The van der Waals surface area contributed by atoms with Crippen molar-refractivity contribution in [2.75, 3.05) is 0 Å². The Bertz CT molecular complexity index is 863. The molecule has 24 heavy (non-hydrogen) atoms. The number of aliphatic imine (C=N–C) groups is 1. The van der Waals surface area contributed by atoms with Crippen LogP contribution < -0.4 is 0 Å². The molecule has 4 nitrogen and oxygen atoms in total. The fourth-order valence-electron chi connectivity index (χ4n) is 3.68. The van der Waals surface area contributed by atoms with Crippen LogP contribution in [0.3, 0.4) is 0 Å². The second-order valence-electron chi connectivity index (χ2n) is 6.36. The van der Waals surface area contributed by atoms with Gasteiger partial charge in [-0.2, -0.15) is 0 Å². The minimum absolute atomic E-state index is 0.671. The van der Waals surface area contributed by atoms with Gasteiger partial charge in [0.25, 0.3) is 0 Å². The molecule has 0 atom stereocenters. The molecule has 2 aromatic heterocycles. The van der Waals surface area contributed by atoms with Gasteiger partial charge in [-0.15, -0.1) is 0 Å². The van der Waals surface area contributed by atoms with Crippen LogP contribution in [0.2, 0.25) is 0 Å². The Hall–Kier alpha value is -2.62. The molecule has 0 amide bonds. The van der Waals surface area contributed by atoms with Crippen molar-refractivity contribution in [2.24, 2.45) is 4.99 Å². The summed E-state index contributed by atoms with van der Waals surface area (Å²) in [5.74, 6) is 0. The summed E-state index contributed by atoms with van der Waals surface area (Å²) < 4.78 is 0. The van der Waals surface area contributed by atoms with Gasteiger partial charge in [-0.1, -0.05) is 6.92 Å². The summed E-state index contributed by atoms with van der Waals surface area (Å²) in [7, 11) is 0. The number of carbonyl (C=O) groups is 1. The SMILES string of the molecule is CCC1=NC(=Cc2[nH]c(-c3ccc[nH]3)cc2C=O)C2=C1CCCC2. The van der Waals surface area contributed by atoms with E-state index in [4.69, 9.17) is 4.99 Å². The van der Waals surface area contributed by atoms with Crippen LogP contribution in [-0.2, 0) is 0 Å². The Labute approximate surface area is 141 Å². The molecule has 2 aromatic rings. The lowest BCUT2D eigenvalue weighted by atomic mass is 9.89. The summed E-state index contributed by atoms with van der Waals surface area (Å²) in [4.78, 5) is 22.9. The lowest BCUT2D eigenvalue weighted by Gasteiger charge is -2.14. The molecule has 0 fully saturated rings. The second kappa shape index (κ2) is 6.11. The van der Waals surface area contributed by atoms with Crippen LogP contribution in [-0.4, -0.2) is 22.0 Å². The van der Waals surface area contributed by atoms with Crippen LogP contribution in [0.15, 0.2) is 46.2 Å². The summed E-state index contributed by atoms with van der Waals surface area (Å²) in [6, 6.07) is 5.83. The molecule has 0 bridgehead atoms. The molecule has 0 spiro atoms. The van der Waals surface area contributed by atoms with Gasteiger partial charge < -0.3 is 9.97 Å². The van der Waals surface area contributed by atoms with Crippen LogP contribution in [0.25, 0.3) is 17.5 Å². The van der Waals surface area contributed by atoms with Gasteiger partial charge in [-0.25, -0.2) is 0 Å². The van der Waals surface area contributed by atoms with Gasteiger partial charge in [0.2, 0.25) is 0 Å². The number of aldehydes is 1. The Morgan fingerprint density at radius 1 is 1.21 bits per heavy atom. The number of nitrogens with zero attached hydrogens (tertiary/aromatic N) is 1. The fourth-order valence-corrected chi connectivity index (χ4v) is 3.68. The van der Waals surface area contributed by atoms with Crippen LogP contribution in [0.1, 0.15) is 55.1 Å². The van der Waals surface area contributed by atoms with E-state index in [9.17, 15) is 4.79 Å². The van der Waals surface area contributed by atoms with Gasteiger partial charge in [0.05, 0.1) is 22.8 Å². The zero-order valence-electron chi connectivity index (χ0n) is 13.9. The Morgan fingerprint density at radius 2 is 2.04 bits per heavy atom. The van der Waals surface area contributed by atoms with Gasteiger partial charge in [0, 0.05) is 17.5 Å². The normalized spacial score (nSPS) is 18.9. The number of carbonyl (C=O) groups excluding carboxylic acids is 1. The predicted octanol–water partition coefficient (Wildman–Crippen LogP) is 4.90. The first-order chi connectivity index (χ1) is 11.8. The molecule has 1 aliphatic heterocycles. The van der Waals surface area contributed by atoms with Crippen molar-refractivity contribution in [1.82, 2.24) is 9.97 Å². The quantitative estimate of drug-likeness (QED) is 0.774. The van der Waals surface area contributed by atoms with E-state index in [1.54, 1.807) is 0 Å². The molecule has 0 radical (unpaired) electrons. The van der Waals surface area contributed by atoms with Gasteiger partial charge >= 0.3 is 0 Å². The summed E-state index contributed by atoms with van der Waals surface area (Å²) in [6.45, 7) is 2.16. The number of aromatic amines is 2. The van der Waals surface area contributed by atoms with Crippen molar-refractivity contribution in [1.29, 1.82) is 0 Å². The maximum Gasteiger partial charge on any atom is 0.152 e. The summed E-state index contributed by atoms with van der Waals surface area (Å²) in [5, 5.41) is 0. The summed E-state index contributed by atoms with van der Waals surface area (Å²) >= 11 is 0. The fraction of sp³-hybridized carbons (Fsp3) is 0.300. The van der Waals surface area contributed by atoms with E-state index in [2.05, 4.69) is 16.9 Å². The smallest absolute Gasteiger partial charge is 0.152 e. The van der Waals surface area contributed by atoms with Crippen LogP contribution in [0.5, 0.6) is 0 Å². The van der Waals surface area contributed by atoms with Crippen molar-refractivity contribution in [3.8, 4) is 11.4 Å². The molecular formula is C20H21N3O. The first kappa shape index (κ1) is 14.9. The molecule has 1 aliphatic carbocycles. The third-order valence-corrected chi connectivity index (χ3v) is 4.89. The molecule has 2 aliphatic rings. The number of hydrogen-bond donors (Lipinski definition) is 2. The van der Waals surface area contributed by atoms with Gasteiger partial charge in [-0.3, -0.25) is 9.79 Å². The number of rotatable bonds is 4. The zero-order valence-corrected chi connectivity index (χ0v) is 13.9. The second-order valence-corrected chi connectivity index (χ2v) is 6.36. The number of aromatic nitrogens is 2. The van der Waals surface area contributed by atoms with E-state index in [1.807, 2.05) is 30.5 Å². The largest absolute Gasteiger partial charge is 0.360 e. The molecule has 0 saturated carbocycles. The number of H-pyrrole nitrogens is 2. The van der Waals surface area contributed by atoms with Crippen molar-refractivity contribution in [3.63, 3.8) is 0 Å². The zero-order chi connectivity index (χ0) is 16.5. The van der Waals surface area contributed by atoms with E-state index in [0.29, 0.717) is 5.56 Å². The van der Waals surface area contributed by atoms with Gasteiger partial charge in [-0.05, 0) is 67.5 Å². The van der Waals surface area contributed by atoms with E-state index in [1.165, 1.54) is 29.7 Å². The van der Waals surface area contributed by atoms with Crippen molar-refractivity contribution < 1.29 is 4.79 Å². The monoisotopic (exact) mass is 319 g/mol. The topological polar surface area (TPSA) is 61.0 Å². The molecule has 0 saturated heterocycles. The van der Waals surface area contributed by atoms with Crippen LogP contribution in [0.4, 0.5) is 0 Å². The summed E-state index contributed by atoms with van der Waals surface area (Å²) in [5.41, 5.74) is 8.48. The van der Waals surface area contributed by atoms with Crippen LogP contribution in [0, 0.1) is 0 Å². The van der Waals surface area contributed by atoms with E-state index >= 15 is 0 Å². The molecule has 4 heteroatoms. The minimum Gasteiger partial charge on any atom is -0.360 e. The lowest BCUT2D eigenvalue weighted by molar-refractivity contribution is 0.112. The highest BCUT2D eigenvalue weighted by atomic mass is 16.1. The number of hydrogen-bond acceptors (Lipinski definition) is 2. The maximum absolute atomic E-state index is 11.5. The third kappa shape index (κ3) is 2.48. The first-order valence-corrected chi connectivity index (χ1v) is 8.64. The molecular weight excluding hydrogens is 298 g/mol. The van der Waals surface area contributed by atoms with Gasteiger partial charge in [0.15, 0.2) is 6.29 Å². The van der Waals surface area contributed by atoms with E-state index in [0.717, 1.165) is 48.3 Å². The predicted molar refractivity (Wildman–Crippen MR) is 97.2 cm³/mol. The summed E-state index contributed by atoms with van der Waals surface area (Å²) in [6.07, 6.45) is 10.5. The molecule has 0 aromatic carbocycles. The maximum atomic E-state index is 11.5. The molecule has 0 unspecified atom stereocenters. The molecule has 4 rings (SSSR count). The highest BCUT2D eigenvalue weighted by molar-refractivity contribution is 6.05. The van der Waals surface area contributed by atoms with Crippen molar-refractivity contribution >= 4 is 18.1 Å². The van der Waals surface area contributed by atoms with Crippen molar-refractivity contribution in [3.05, 3.63) is 52.5 Å². The average molecular weight is 319 g/mol. The number of allylic oxidation sites excluding steroid dienone is 2. The van der Waals surface area contributed by atoms with Gasteiger partial charge in [0.1, 0.15) is 0 Å². The van der Waals surface area contributed by atoms with Crippen LogP contribution >= 0.6 is 0 Å². The highest BCUT2D eigenvalue weighted by Gasteiger charge is 2.25. The third-order valence-electron chi connectivity index (χ3n) is 4.89. The molecule has 3 heterocycles. The van der Waals surface area contributed by atoms with E-state index < -0.39 is 0 Å². The lowest BCUT2D eigenvalue weighted by Crippen LogP contribution is -2.03. The Morgan fingerprint density at radius 3 is 2.75 bits per heavy atom. The number of nitrogens with one attached hydrogen (secondary N) is 2. The Balaban J connectivity index is 1.77. The highest BCUT2D eigenvalue weighted by Crippen LogP contribution is 2.38. The molecule has 122 valence electrons. The van der Waals surface area contributed by atoms with E-state index in [-0.39, 0.29) is 0 Å².